The van der Waals surface area contributed by atoms with Crippen molar-refractivity contribution in [3.05, 3.63) is 35.4 Å². The van der Waals surface area contributed by atoms with Gasteiger partial charge >= 0.3 is 5.97 Å². The summed E-state index contributed by atoms with van der Waals surface area (Å²) in [4.78, 5) is 34.8. The molecule has 1 atom stereocenters. The number of rotatable bonds is 8. The van der Waals surface area contributed by atoms with Gasteiger partial charge in [-0.3, -0.25) is 14.4 Å². The second-order valence-corrected chi connectivity index (χ2v) is 6.06. The summed E-state index contributed by atoms with van der Waals surface area (Å²) in [5, 5.41) is 2.63. The molecule has 1 unspecified atom stereocenters. The number of ether oxygens (including phenoxy) is 1. The van der Waals surface area contributed by atoms with Gasteiger partial charge in [-0.1, -0.05) is 30.8 Å². The van der Waals surface area contributed by atoms with Crippen molar-refractivity contribution in [1.29, 1.82) is 0 Å². The largest absolute Gasteiger partial charge is 0.469 e. The molecule has 0 spiro atoms. The Balaban J connectivity index is 2.45. The van der Waals surface area contributed by atoms with Crippen LogP contribution in [0, 0.1) is 5.92 Å². The molecule has 1 amide bonds. The second-order valence-electron chi connectivity index (χ2n) is 5.03. The molecule has 0 heterocycles. The first-order valence-corrected chi connectivity index (χ1v) is 8.27. The fraction of sp³-hybridized carbons (Fsp3) is 0.438. The number of benzene rings is 1. The van der Waals surface area contributed by atoms with Crippen molar-refractivity contribution in [3.8, 4) is 0 Å². The zero-order valence-corrected chi connectivity index (χ0v) is 14.2. The molecule has 126 valence electrons. The van der Waals surface area contributed by atoms with Crippen molar-refractivity contribution in [1.82, 2.24) is 5.32 Å². The fourth-order valence-corrected chi connectivity index (χ4v) is 2.69. The van der Waals surface area contributed by atoms with Crippen molar-refractivity contribution in [2.75, 3.05) is 20.2 Å². The Labute approximate surface area is 140 Å². The predicted molar refractivity (Wildman–Crippen MR) is 89.9 cm³/mol. The zero-order chi connectivity index (χ0) is 17.2. The molecule has 1 aromatic rings. The second kappa shape index (κ2) is 10.0. The molecule has 23 heavy (non-hydrogen) atoms. The van der Waals surface area contributed by atoms with Crippen LogP contribution in [0.3, 0.4) is 0 Å². The van der Waals surface area contributed by atoms with Gasteiger partial charge in [-0.05, 0) is 17.7 Å². The van der Waals surface area contributed by atoms with E-state index in [9.17, 15) is 14.4 Å². The lowest BCUT2D eigenvalue weighted by molar-refractivity contribution is -0.145. The van der Waals surface area contributed by atoms with Gasteiger partial charge in [0.25, 0.3) is 5.91 Å². The number of thioether (sulfide) groups is 1. The number of esters is 1. The van der Waals surface area contributed by atoms with Gasteiger partial charge in [0.05, 0.1) is 13.0 Å². The highest BCUT2D eigenvalue weighted by atomic mass is 32.2. The molecule has 3 N–H and O–H groups in total. The van der Waals surface area contributed by atoms with Gasteiger partial charge in [-0.15, -0.1) is 0 Å². The van der Waals surface area contributed by atoms with Crippen molar-refractivity contribution in [2.45, 2.75) is 19.1 Å². The number of nitrogens with two attached hydrogens (primary N) is 1. The van der Waals surface area contributed by atoms with Gasteiger partial charge in [0.15, 0.2) is 5.12 Å². The fourth-order valence-electron chi connectivity index (χ4n) is 1.80. The first kappa shape index (κ1) is 19.2. The summed E-state index contributed by atoms with van der Waals surface area (Å²) < 4.78 is 4.59. The normalized spacial score (nSPS) is 11.6. The third-order valence-corrected chi connectivity index (χ3v) is 4.09. The standard InChI is InChI=1S/C16H22N2O4S/c1-11(16(21)22-2)9-14(19)23-10-12-3-5-13(6-4-12)15(20)18-8-7-17/h3-6,11H,7-10,17H2,1-2H3,(H,18,20). The lowest BCUT2D eigenvalue weighted by Gasteiger charge is -2.08. The van der Waals surface area contributed by atoms with E-state index in [1.807, 2.05) is 0 Å². The van der Waals surface area contributed by atoms with Crippen LogP contribution in [0.5, 0.6) is 0 Å². The average molecular weight is 338 g/mol. The quantitative estimate of drug-likeness (QED) is 0.694. The molecule has 1 rings (SSSR count). The first-order chi connectivity index (χ1) is 11.0. The SMILES string of the molecule is COC(=O)C(C)CC(=O)SCc1ccc(C(=O)NCCN)cc1. The van der Waals surface area contributed by atoms with E-state index in [4.69, 9.17) is 5.73 Å². The summed E-state index contributed by atoms with van der Waals surface area (Å²) >= 11 is 1.15. The number of carbonyl (C=O) groups is 3. The Morgan fingerprint density at radius 2 is 1.91 bits per heavy atom. The summed E-state index contributed by atoms with van der Waals surface area (Å²) in [6.07, 6.45) is 0.150. The van der Waals surface area contributed by atoms with E-state index in [1.54, 1.807) is 31.2 Å². The number of methoxy groups -OCH3 is 1. The Hall–Kier alpha value is -1.86. The van der Waals surface area contributed by atoms with Crippen LogP contribution in [0.15, 0.2) is 24.3 Å². The van der Waals surface area contributed by atoms with E-state index < -0.39 is 5.92 Å². The highest BCUT2D eigenvalue weighted by Crippen LogP contribution is 2.18. The van der Waals surface area contributed by atoms with Crippen LogP contribution in [0.2, 0.25) is 0 Å². The van der Waals surface area contributed by atoms with Crippen molar-refractivity contribution in [2.24, 2.45) is 11.7 Å². The average Bonchev–Trinajstić information content (AvgIpc) is 2.57. The summed E-state index contributed by atoms with van der Waals surface area (Å²) in [5.41, 5.74) is 6.82. The Morgan fingerprint density at radius 1 is 1.26 bits per heavy atom. The lowest BCUT2D eigenvalue weighted by atomic mass is 10.1. The first-order valence-electron chi connectivity index (χ1n) is 7.28. The molecular formula is C16H22N2O4S. The third kappa shape index (κ3) is 6.83. The summed E-state index contributed by atoms with van der Waals surface area (Å²) in [6, 6.07) is 7.04. The third-order valence-electron chi connectivity index (χ3n) is 3.12. The Kier molecular flexibility index (Phi) is 8.36. The van der Waals surface area contributed by atoms with Crippen LogP contribution in [-0.4, -0.2) is 37.2 Å². The Morgan fingerprint density at radius 3 is 2.48 bits per heavy atom. The molecular weight excluding hydrogens is 316 g/mol. The van der Waals surface area contributed by atoms with Crippen molar-refractivity contribution >= 4 is 28.8 Å². The molecule has 6 nitrogen and oxygen atoms in total. The van der Waals surface area contributed by atoms with Gasteiger partial charge in [-0.25, -0.2) is 0 Å². The molecule has 0 bridgehead atoms. The maximum absolute atomic E-state index is 11.8. The monoisotopic (exact) mass is 338 g/mol. The van der Waals surface area contributed by atoms with E-state index in [2.05, 4.69) is 10.1 Å². The lowest BCUT2D eigenvalue weighted by Crippen LogP contribution is -2.28. The predicted octanol–water partition coefficient (Wildman–Crippen LogP) is 1.33. The van der Waals surface area contributed by atoms with Gasteiger partial charge in [-0.2, -0.15) is 0 Å². The zero-order valence-electron chi connectivity index (χ0n) is 13.3. The van der Waals surface area contributed by atoms with Crippen LogP contribution >= 0.6 is 11.8 Å². The molecule has 0 aliphatic carbocycles. The minimum atomic E-state index is -0.436. The van der Waals surface area contributed by atoms with Crippen LogP contribution in [-0.2, 0) is 20.1 Å². The molecule has 0 aliphatic heterocycles. The van der Waals surface area contributed by atoms with Gasteiger partial charge in [0.2, 0.25) is 0 Å². The summed E-state index contributed by atoms with van der Waals surface area (Å²) in [5.74, 6) is -0.490. The molecule has 0 saturated carbocycles. The van der Waals surface area contributed by atoms with E-state index in [1.165, 1.54) is 7.11 Å². The maximum atomic E-state index is 11.8. The summed E-state index contributed by atoms with van der Waals surface area (Å²) in [7, 11) is 1.31. The number of hydrogen-bond acceptors (Lipinski definition) is 6. The minimum absolute atomic E-state index is 0.0623. The van der Waals surface area contributed by atoms with Crippen LogP contribution in [0.1, 0.15) is 29.3 Å². The molecule has 0 radical (unpaired) electrons. The number of amides is 1. The van der Waals surface area contributed by atoms with E-state index >= 15 is 0 Å². The Bertz CT molecular complexity index is 546. The topological polar surface area (TPSA) is 98.5 Å². The van der Waals surface area contributed by atoms with E-state index in [0.717, 1.165) is 17.3 Å². The molecule has 0 saturated heterocycles. The van der Waals surface area contributed by atoms with Crippen LogP contribution in [0.25, 0.3) is 0 Å². The maximum Gasteiger partial charge on any atom is 0.308 e. The minimum Gasteiger partial charge on any atom is -0.469 e. The number of hydrogen-bond donors (Lipinski definition) is 2. The number of carbonyl (C=O) groups excluding carboxylic acids is 3. The van der Waals surface area contributed by atoms with Gasteiger partial charge in [0, 0.05) is 30.8 Å². The molecule has 0 aliphatic rings. The molecule has 7 heteroatoms. The van der Waals surface area contributed by atoms with Crippen LogP contribution in [0.4, 0.5) is 0 Å². The van der Waals surface area contributed by atoms with E-state index in [-0.39, 0.29) is 23.4 Å². The molecule has 0 fully saturated rings. The highest BCUT2D eigenvalue weighted by Gasteiger charge is 2.17. The number of nitrogens with one attached hydrogen (secondary N) is 1. The van der Waals surface area contributed by atoms with Gasteiger partial charge < -0.3 is 15.8 Å². The van der Waals surface area contributed by atoms with Crippen molar-refractivity contribution < 1.29 is 19.1 Å². The van der Waals surface area contributed by atoms with Crippen molar-refractivity contribution in [3.63, 3.8) is 0 Å². The smallest absolute Gasteiger partial charge is 0.308 e. The highest BCUT2D eigenvalue weighted by molar-refractivity contribution is 8.12. The molecule has 1 aromatic carbocycles. The molecule has 0 aromatic heterocycles. The van der Waals surface area contributed by atoms with E-state index in [0.29, 0.717) is 24.4 Å². The van der Waals surface area contributed by atoms with Gasteiger partial charge in [0.1, 0.15) is 0 Å². The van der Waals surface area contributed by atoms with Crippen LogP contribution < -0.4 is 11.1 Å². The summed E-state index contributed by atoms with van der Waals surface area (Å²) in [6.45, 7) is 2.49.